The minimum absolute atomic E-state index is 0.0628. The smallest absolute Gasteiger partial charge is 0.335 e. The van der Waals surface area contributed by atoms with Gasteiger partial charge < -0.3 is 30.6 Å². The fourth-order valence-corrected chi connectivity index (χ4v) is 1.31. The lowest BCUT2D eigenvalue weighted by atomic mass is 10.1. The van der Waals surface area contributed by atoms with Gasteiger partial charge in [0.2, 0.25) is 0 Å². The number of unbranched alkanes of at least 4 members (excludes halogenated alkanes) is 1. The fraction of sp³-hybridized carbons (Fsp3) is 0.375. The Bertz CT molecular complexity index is 514. The zero-order chi connectivity index (χ0) is 20.5. The maximum atomic E-state index is 10.3. The summed E-state index contributed by atoms with van der Waals surface area (Å²) in [4.78, 5) is 40.5. The van der Waals surface area contributed by atoms with Crippen LogP contribution in [0.3, 0.4) is 0 Å². The predicted molar refractivity (Wildman–Crippen MR) is 88.3 cm³/mol. The zero-order valence-corrected chi connectivity index (χ0v) is 13.9. The molecule has 0 amide bonds. The summed E-state index contributed by atoms with van der Waals surface area (Å²) in [5, 5.41) is 48.4. The van der Waals surface area contributed by atoms with Crippen molar-refractivity contribution in [2.45, 2.75) is 25.7 Å². The average molecular weight is 374 g/mol. The Morgan fingerprint density at radius 1 is 0.615 bits per heavy atom. The number of carboxylic acids is 4. The molecule has 0 aromatic heterocycles. The maximum Gasteiger partial charge on any atom is 0.335 e. The van der Waals surface area contributed by atoms with Crippen LogP contribution in [0.15, 0.2) is 24.3 Å². The van der Waals surface area contributed by atoms with E-state index >= 15 is 0 Å². The van der Waals surface area contributed by atoms with E-state index in [1.54, 1.807) is 0 Å². The number of aromatic carboxylic acids is 2. The van der Waals surface area contributed by atoms with E-state index in [1.807, 2.05) is 0 Å². The van der Waals surface area contributed by atoms with Gasteiger partial charge in [0, 0.05) is 12.8 Å². The third-order valence-corrected chi connectivity index (χ3v) is 2.51. The first-order valence-electron chi connectivity index (χ1n) is 7.37. The van der Waals surface area contributed by atoms with Crippen LogP contribution in [0.5, 0.6) is 0 Å². The number of aliphatic hydroxyl groups is 2. The van der Waals surface area contributed by atoms with Crippen molar-refractivity contribution < 1.29 is 49.8 Å². The van der Waals surface area contributed by atoms with Crippen molar-refractivity contribution >= 4 is 23.9 Å². The Hall–Kier alpha value is -2.98. The number of carbonyl (C=O) groups is 4. The molecule has 6 N–H and O–H groups in total. The van der Waals surface area contributed by atoms with Crippen molar-refractivity contribution in [1.82, 2.24) is 0 Å². The van der Waals surface area contributed by atoms with Crippen molar-refractivity contribution in [2.24, 2.45) is 0 Å². The minimum Gasteiger partial charge on any atom is -0.481 e. The number of hydrogen-bond donors (Lipinski definition) is 6. The van der Waals surface area contributed by atoms with Gasteiger partial charge in [-0.05, 0) is 37.1 Å². The Balaban J connectivity index is 0. The van der Waals surface area contributed by atoms with E-state index in [2.05, 4.69) is 0 Å². The Morgan fingerprint density at radius 3 is 1.04 bits per heavy atom. The van der Waals surface area contributed by atoms with E-state index in [0.717, 1.165) is 0 Å². The van der Waals surface area contributed by atoms with Crippen LogP contribution in [0, 0.1) is 0 Å². The summed E-state index contributed by atoms with van der Waals surface area (Å²) in [5.41, 5.74) is 0.167. The maximum absolute atomic E-state index is 10.3. The van der Waals surface area contributed by atoms with Crippen LogP contribution >= 0.6 is 0 Å². The Kier molecular flexibility index (Phi) is 15.1. The topological polar surface area (TPSA) is 190 Å². The quantitative estimate of drug-likeness (QED) is 0.354. The molecule has 0 saturated heterocycles. The second kappa shape index (κ2) is 15.5. The number of carboxylic acid groups (broad SMARTS) is 4. The highest BCUT2D eigenvalue weighted by Crippen LogP contribution is 2.03. The van der Waals surface area contributed by atoms with Crippen molar-refractivity contribution in [2.75, 3.05) is 13.2 Å². The van der Waals surface area contributed by atoms with Crippen LogP contribution in [0.2, 0.25) is 0 Å². The van der Waals surface area contributed by atoms with E-state index in [-0.39, 0.29) is 37.2 Å². The minimum atomic E-state index is -1.06. The lowest BCUT2D eigenvalue weighted by Crippen LogP contribution is -1.99. The zero-order valence-electron chi connectivity index (χ0n) is 13.9. The molecule has 0 aliphatic heterocycles. The third-order valence-electron chi connectivity index (χ3n) is 2.51. The van der Waals surface area contributed by atoms with E-state index in [1.165, 1.54) is 24.3 Å². The Morgan fingerprint density at radius 2 is 0.885 bits per heavy atom. The number of rotatable bonds is 8. The summed E-state index contributed by atoms with van der Waals surface area (Å²) in [6, 6.07) is 5.02. The molecular weight excluding hydrogens is 352 g/mol. The number of aliphatic hydroxyl groups excluding tert-OH is 2. The molecule has 146 valence electrons. The highest BCUT2D eigenvalue weighted by Gasteiger charge is 2.04. The van der Waals surface area contributed by atoms with E-state index in [9.17, 15) is 19.2 Å². The molecular formula is C16H22O10. The van der Waals surface area contributed by atoms with Crippen molar-refractivity contribution in [3.8, 4) is 0 Å². The second-order valence-corrected chi connectivity index (χ2v) is 4.63. The predicted octanol–water partition coefficient (Wildman–Crippen LogP) is 0.770. The standard InChI is InChI=1S/C8H6O4.C6H10O4.C2H6O2/c9-7(10)5-1-2-6(4-3-5)8(11)12;7-5(8)3-1-2-4-6(9)10;3-1-2-4/h1-4H,(H,9,10)(H,11,12);1-4H2,(H,7,8)(H,9,10);3-4H,1-2H2. The molecule has 0 fully saturated rings. The highest BCUT2D eigenvalue weighted by molar-refractivity contribution is 5.91. The number of hydrogen-bond acceptors (Lipinski definition) is 6. The summed E-state index contributed by atoms with van der Waals surface area (Å²) in [6.07, 6.45) is 1.02. The van der Waals surface area contributed by atoms with Gasteiger partial charge in [0.15, 0.2) is 0 Å². The first kappa shape index (κ1) is 25.3. The molecule has 1 aromatic carbocycles. The SMILES string of the molecule is O=C(O)CCCCC(=O)O.O=C(O)c1ccc(C(=O)O)cc1.OCCO. The summed E-state index contributed by atoms with van der Waals surface area (Å²) >= 11 is 0. The van der Waals surface area contributed by atoms with Gasteiger partial charge in [-0.2, -0.15) is 0 Å². The Labute approximate surface area is 149 Å². The van der Waals surface area contributed by atoms with Gasteiger partial charge in [0.25, 0.3) is 0 Å². The summed E-state index contributed by atoms with van der Waals surface area (Å²) < 4.78 is 0. The lowest BCUT2D eigenvalue weighted by Gasteiger charge is -1.94. The molecule has 0 radical (unpaired) electrons. The lowest BCUT2D eigenvalue weighted by molar-refractivity contribution is -0.139. The molecule has 1 aromatic rings. The first-order valence-corrected chi connectivity index (χ1v) is 7.37. The van der Waals surface area contributed by atoms with Gasteiger partial charge in [-0.15, -0.1) is 0 Å². The van der Waals surface area contributed by atoms with Crippen molar-refractivity contribution in [1.29, 1.82) is 0 Å². The van der Waals surface area contributed by atoms with Crippen LogP contribution in [0.1, 0.15) is 46.4 Å². The fourth-order valence-electron chi connectivity index (χ4n) is 1.31. The first-order chi connectivity index (χ1) is 12.1. The highest BCUT2D eigenvalue weighted by atomic mass is 16.4. The summed E-state index contributed by atoms with van der Waals surface area (Å²) in [7, 11) is 0. The molecule has 0 aliphatic carbocycles. The van der Waals surface area contributed by atoms with Crippen LogP contribution in [-0.2, 0) is 9.59 Å². The van der Waals surface area contributed by atoms with Gasteiger partial charge in [0.05, 0.1) is 24.3 Å². The van der Waals surface area contributed by atoms with Gasteiger partial charge in [-0.3, -0.25) is 9.59 Å². The number of benzene rings is 1. The molecule has 0 aliphatic rings. The van der Waals surface area contributed by atoms with E-state index < -0.39 is 23.9 Å². The summed E-state index contributed by atoms with van der Waals surface area (Å²) in [5.74, 6) is -3.87. The molecule has 26 heavy (non-hydrogen) atoms. The van der Waals surface area contributed by atoms with Crippen LogP contribution in [-0.4, -0.2) is 67.7 Å². The molecule has 10 nitrogen and oxygen atoms in total. The van der Waals surface area contributed by atoms with Crippen molar-refractivity contribution in [3.63, 3.8) is 0 Å². The van der Waals surface area contributed by atoms with Crippen LogP contribution < -0.4 is 0 Å². The van der Waals surface area contributed by atoms with Gasteiger partial charge in [-0.1, -0.05) is 0 Å². The van der Waals surface area contributed by atoms with E-state index in [0.29, 0.717) is 12.8 Å². The molecule has 1 rings (SSSR count). The van der Waals surface area contributed by atoms with Crippen LogP contribution in [0.25, 0.3) is 0 Å². The molecule has 10 heteroatoms. The van der Waals surface area contributed by atoms with Gasteiger partial charge in [0.1, 0.15) is 0 Å². The second-order valence-electron chi connectivity index (χ2n) is 4.63. The van der Waals surface area contributed by atoms with Crippen molar-refractivity contribution in [3.05, 3.63) is 35.4 Å². The summed E-state index contributed by atoms with van der Waals surface area (Å²) in [6.45, 7) is -0.250. The molecule has 0 bridgehead atoms. The molecule has 0 spiro atoms. The molecule has 0 heterocycles. The largest absolute Gasteiger partial charge is 0.481 e. The van der Waals surface area contributed by atoms with Gasteiger partial charge in [-0.25, -0.2) is 9.59 Å². The molecule has 0 saturated carbocycles. The molecule has 0 atom stereocenters. The normalized spacial score (nSPS) is 9.00. The average Bonchev–Trinajstić information content (AvgIpc) is 2.59. The molecule has 0 unspecified atom stereocenters. The van der Waals surface area contributed by atoms with Crippen LogP contribution in [0.4, 0.5) is 0 Å². The van der Waals surface area contributed by atoms with Gasteiger partial charge >= 0.3 is 23.9 Å². The third kappa shape index (κ3) is 15.9. The van der Waals surface area contributed by atoms with E-state index in [4.69, 9.17) is 30.6 Å². The number of aliphatic carboxylic acids is 2. The monoisotopic (exact) mass is 374 g/mol.